The second-order valence-corrected chi connectivity index (χ2v) is 7.65. The van der Waals surface area contributed by atoms with Crippen molar-refractivity contribution in [2.45, 2.75) is 33.6 Å². The van der Waals surface area contributed by atoms with Crippen LogP contribution in [0.5, 0.6) is 0 Å². The van der Waals surface area contributed by atoms with Gasteiger partial charge in [0.05, 0.1) is 11.0 Å². The predicted molar refractivity (Wildman–Crippen MR) is 119 cm³/mol. The zero-order chi connectivity index (χ0) is 20.4. The molecule has 146 valence electrons. The molecule has 0 bridgehead atoms. The minimum Gasteiger partial charge on any atom is -0.338 e. The summed E-state index contributed by atoms with van der Waals surface area (Å²) < 4.78 is 0. The molecule has 0 saturated heterocycles. The standard InChI is InChI=1S/C25H25N3O/c1-16-4-6-19(7-5-16)8-13-24(29)26-21-11-9-20(10-12-21)25-27-22-14-17(2)18(3)15-23(22)28-25/h4-7,9-12,14-15H,8,13H2,1-3H3,(H,26,29)(H,27,28). The van der Waals surface area contributed by atoms with E-state index in [2.05, 4.69) is 67.5 Å². The van der Waals surface area contributed by atoms with Crippen LogP contribution in [-0.4, -0.2) is 15.9 Å². The zero-order valence-corrected chi connectivity index (χ0v) is 17.0. The molecule has 0 aliphatic heterocycles. The van der Waals surface area contributed by atoms with Gasteiger partial charge in [-0.15, -0.1) is 0 Å². The van der Waals surface area contributed by atoms with Crippen LogP contribution in [-0.2, 0) is 11.2 Å². The third kappa shape index (κ3) is 4.37. The monoisotopic (exact) mass is 383 g/mol. The molecular weight excluding hydrogens is 358 g/mol. The Bertz CT molecular complexity index is 1120. The Kier molecular flexibility index (Phi) is 5.17. The summed E-state index contributed by atoms with van der Waals surface area (Å²) in [5, 5.41) is 2.97. The number of H-pyrrole nitrogens is 1. The van der Waals surface area contributed by atoms with Crippen LogP contribution in [0.4, 0.5) is 5.69 Å². The van der Waals surface area contributed by atoms with E-state index in [-0.39, 0.29) is 5.91 Å². The summed E-state index contributed by atoms with van der Waals surface area (Å²) in [5.74, 6) is 0.857. The third-order valence-corrected chi connectivity index (χ3v) is 5.30. The summed E-state index contributed by atoms with van der Waals surface area (Å²) in [4.78, 5) is 20.3. The fourth-order valence-electron chi connectivity index (χ4n) is 3.35. The van der Waals surface area contributed by atoms with Gasteiger partial charge in [-0.2, -0.15) is 0 Å². The van der Waals surface area contributed by atoms with Crippen LogP contribution in [0.1, 0.15) is 28.7 Å². The highest BCUT2D eigenvalue weighted by Gasteiger charge is 2.08. The zero-order valence-electron chi connectivity index (χ0n) is 17.0. The smallest absolute Gasteiger partial charge is 0.224 e. The van der Waals surface area contributed by atoms with Crippen molar-refractivity contribution in [2.75, 3.05) is 5.32 Å². The number of imidazole rings is 1. The lowest BCUT2D eigenvalue weighted by Crippen LogP contribution is -2.12. The Balaban J connectivity index is 1.41. The van der Waals surface area contributed by atoms with E-state index < -0.39 is 0 Å². The van der Waals surface area contributed by atoms with Crippen molar-refractivity contribution >= 4 is 22.6 Å². The molecule has 0 fully saturated rings. The average Bonchev–Trinajstić information content (AvgIpc) is 3.11. The Labute approximate surface area is 171 Å². The normalized spacial score (nSPS) is 11.0. The number of anilines is 1. The number of aryl methyl sites for hydroxylation is 4. The van der Waals surface area contributed by atoms with Gasteiger partial charge in [0.25, 0.3) is 0 Å². The molecule has 29 heavy (non-hydrogen) atoms. The van der Waals surface area contributed by atoms with Crippen LogP contribution in [0.25, 0.3) is 22.4 Å². The fourth-order valence-corrected chi connectivity index (χ4v) is 3.35. The minimum absolute atomic E-state index is 0.0213. The number of carbonyl (C=O) groups is 1. The number of aromatic amines is 1. The molecule has 1 heterocycles. The highest BCUT2D eigenvalue weighted by molar-refractivity contribution is 5.91. The number of nitrogens with one attached hydrogen (secondary N) is 2. The second kappa shape index (κ2) is 7.92. The van der Waals surface area contributed by atoms with Gasteiger partial charge in [0, 0.05) is 17.7 Å². The third-order valence-electron chi connectivity index (χ3n) is 5.30. The average molecular weight is 383 g/mol. The van der Waals surface area contributed by atoms with Gasteiger partial charge in [0.15, 0.2) is 0 Å². The molecule has 2 N–H and O–H groups in total. The van der Waals surface area contributed by atoms with E-state index in [9.17, 15) is 4.79 Å². The molecule has 0 saturated carbocycles. The molecule has 0 atom stereocenters. The summed E-state index contributed by atoms with van der Waals surface area (Å²) >= 11 is 0. The van der Waals surface area contributed by atoms with Crippen LogP contribution in [0.15, 0.2) is 60.7 Å². The number of hydrogen-bond donors (Lipinski definition) is 2. The van der Waals surface area contributed by atoms with Gasteiger partial charge in [-0.1, -0.05) is 29.8 Å². The Morgan fingerprint density at radius 2 is 1.62 bits per heavy atom. The summed E-state index contributed by atoms with van der Waals surface area (Å²) in [6.07, 6.45) is 1.20. The number of nitrogens with zero attached hydrogens (tertiary/aromatic N) is 1. The molecule has 0 radical (unpaired) electrons. The maximum atomic E-state index is 12.3. The second-order valence-electron chi connectivity index (χ2n) is 7.65. The largest absolute Gasteiger partial charge is 0.338 e. The number of hydrogen-bond acceptors (Lipinski definition) is 2. The number of fused-ring (bicyclic) bond motifs is 1. The molecule has 4 rings (SSSR count). The van der Waals surface area contributed by atoms with Gasteiger partial charge in [-0.05, 0) is 80.3 Å². The lowest BCUT2D eigenvalue weighted by molar-refractivity contribution is -0.116. The number of benzene rings is 3. The maximum Gasteiger partial charge on any atom is 0.224 e. The van der Waals surface area contributed by atoms with Crippen molar-refractivity contribution in [3.05, 3.63) is 82.9 Å². The molecule has 1 amide bonds. The molecule has 4 heteroatoms. The molecule has 0 spiro atoms. The van der Waals surface area contributed by atoms with Gasteiger partial charge >= 0.3 is 0 Å². The van der Waals surface area contributed by atoms with Gasteiger partial charge in [-0.3, -0.25) is 4.79 Å². The number of rotatable bonds is 5. The molecule has 0 aliphatic rings. The van der Waals surface area contributed by atoms with Crippen LogP contribution in [0.3, 0.4) is 0 Å². The Morgan fingerprint density at radius 1 is 0.931 bits per heavy atom. The SMILES string of the molecule is Cc1ccc(CCC(=O)Nc2ccc(-c3nc4cc(C)c(C)cc4[nH]3)cc2)cc1. The number of aromatic nitrogens is 2. The molecule has 3 aromatic carbocycles. The lowest BCUT2D eigenvalue weighted by atomic mass is 10.1. The molecule has 4 aromatic rings. The van der Waals surface area contributed by atoms with E-state index in [0.717, 1.165) is 34.5 Å². The van der Waals surface area contributed by atoms with Gasteiger partial charge in [-0.25, -0.2) is 4.98 Å². The van der Waals surface area contributed by atoms with Crippen LogP contribution in [0.2, 0.25) is 0 Å². The summed E-state index contributed by atoms with van der Waals surface area (Å²) in [6.45, 7) is 6.26. The Hall–Kier alpha value is -3.40. The minimum atomic E-state index is 0.0213. The van der Waals surface area contributed by atoms with Crippen molar-refractivity contribution in [3.8, 4) is 11.4 Å². The van der Waals surface area contributed by atoms with E-state index in [1.54, 1.807) is 0 Å². The van der Waals surface area contributed by atoms with Crippen molar-refractivity contribution in [2.24, 2.45) is 0 Å². The lowest BCUT2D eigenvalue weighted by Gasteiger charge is -2.06. The van der Waals surface area contributed by atoms with Crippen molar-refractivity contribution < 1.29 is 4.79 Å². The van der Waals surface area contributed by atoms with E-state index in [4.69, 9.17) is 4.98 Å². The van der Waals surface area contributed by atoms with E-state index in [1.807, 2.05) is 24.3 Å². The number of carbonyl (C=O) groups excluding carboxylic acids is 1. The van der Waals surface area contributed by atoms with Crippen LogP contribution >= 0.6 is 0 Å². The highest BCUT2D eigenvalue weighted by atomic mass is 16.1. The number of amides is 1. The topological polar surface area (TPSA) is 57.8 Å². The predicted octanol–water partition coefficient (Wildman–Crippen LogP) is 5.73. The summed E-state index contributed by atoms with van der Waals surface area (Å²) in [7, 11) is 0. The molecule has 0 aliphatic carbocycles. The van der Waals surface area contributed by atoms with Gasteiger partial charge < -0.3 is 10.3 Å². The van der Waals surface area contributed by atoms with Crippen molar-refractivity contribution in [3.63, 3.8) is 0 Å². The van der Waals surface area contributed by atoms with Crippen molar-refractivity contribution in [1.29, 1.82) is 0 Å². The molecular formula is C25H25N3O. The van der Waals surface area contributed by atoms with E-state index in [1.165, 1.54) is 22.3 Å². The maximum absolute atomic E-state index is 12.3. The van der Waals surface area contributed by atoms with Crippen LogP contribution < -0.4 is 5.32 Å². The highest BCUT2D eigenvalue weighted by Crippen LogP contribution is 2.24. The van der Waals surface area contributed by atoms with Gasteiger partial charge in [0.1, 0.15) is 5.82 Å². The van der Waals surface area contributed by atoms with Gasteiger partial charge in [0.2, 0.25) is 5.91 Å². The molecule has 0 unspecified atom stereocenters. The Morgan fingerprint density at radius 3 is 2.34 bits per heavy atom. The first-order valence-corrected chi connectivity index (χ1v) is 9.91. The summed E-state index contributed by atoms with van der Waals surface area (Å²) in [5.41, 5.74) is 8.69. The van der Waals surface area contributed by atoms with Crippen molar-refractivity contribution in [1.82, 2.24) is 9.97 Å². The molecule has 1 aromatic heterocycles. The molecule has 4 nitrogen and oxygen atoms in total. The van der Waals surface area contributed by atoms with E-state index in [0.29, 0.717) is 6.42 Å². The van der Waals surface area contributed by atoms with E-state index >= 15 is 0 Å². The summed E-state index contributed by atoms with van der Waals surface area (Å²) in [6, 6.07) is 20.3. The quantitative estimate of drug-likeness (QED) is 0.463. The van der Waals surface area contributed by atoms with Crippen LogP contribution in [0, 0.1) is 20.8 Å². The first kappa shape index (κ1) is 18.9. The fraction of sp³-hybridized carbons (Fsp3) is 0.200. The first-order valence-electron chi connectivity index (χ1n) is 9.91. The first-order chi connectivity index (χ1) is 14.0.